The molecule has 4 amide bonds. The number of methoxy groups -OCH3 is 2. The average molecular weight is 746 g/mol. The minimum atomic E-state index is -1.12. The Labute approximate surface area is 310 Å². The molecule has 1 spiro atoms. The van der Waals surface area contributed by atoms with Crippen LogP contribution in [0.25, 0.3) is 0 Å². The van der Waals surface area contributed by atoms with E-state index in [2.05, 4.69) is 21.1 Å². The Balaban J connectivity index is 1.42. The first-order valence-electron chi connectivity index (χ1n) is 18.2. The van der Waals surface area contributed by atoms with Crippen LogP contribution in [0.5, 0.6) is 11.5 Å². The second-order valence-electron chi connectivity index (χ2n) is 15.5. The van der Waals surface area contributed by atoms with Crippen LogP contribution in [0, 0.1) is 11.3 Å². The summed E-state index contributed by atoms with van der Waals surface area (Å²) in [5.74, 6) is -1.76. The second kappa shape index (κ2) is 16.4. The first-order valence-corrected chi connectivity index (χ1v) is 18.6. The highest BCUT2D eigenvalue weighted by atomic mass is 35.5. The van der Waals surface area contributed by atoms with Crippen molar-refractivity contribution in [3.8, 4) is 11.5 Å². The number of ketones is 1. The number of nitrogens with one attached hydrogen (secondary N) is 3. The topological polar surface area (TPSA) is 174 Å². The molecule has 4 aliphatic rings. The first kappa shape index (κ1) is 39.3. The van der Waals surface area contributed by atoms with Crippen molar-refractivity contribution in [1.82, 2.24) is 20.9 Å². The number of halogens is 1. The van der Waals surface area contributed by atoms with E-state index in [0.717, 1.165) is 25.7 Å². The van der Waals surface area contributed by atoms with Crippen molar-refractivity contribution in [2.75, 3.05) is 34.0 Å². The Hall–Kier alpha value is -3.91. The number of oxime groups is 1. The zero-order chi connectivity index (χ0) is 37.8. The summed E-state index contributed by atoms with van der Waals surface area (Å²) in [6.45, 7) is 8.57. The van der Waals surface area contributed by atoms with Crippen LogP contribution < -0.4 is 25.4 Å². The number of amides is 4. The lowest BCUT2D eigenvalue weighted by molar-refractivity contribution is -0.145. The fraction of sp³-hybridized carbons (Fsp3) is 0.676. The number of ether oxygens (including phenoxy) is 3. The monoisotopic (exact) mass is 745 g/mol. The smallest absolute Gasteiger partial charge is 0.289 e. The molecule has 3 aliphatic heterocycles. The molecule has 3 heterocycles. The Kier molecular flexibility index (Phi) is 12.4. The highest BCUT2D eigenvalue weighted by Gasteiger charge is 2.56. The van der Waals surface area contributed by atoms with Gasteiger partial charge in [0.05, 0.1) is 37.5 Å². The van der Waals surface area contributed by atoms with Gasteiger partial charge in [-0.1, -0.05) is 50.9 Å². The van der Waals surface area contributed by atoms with Crippen LogP contribution in [-0.4, -0.2) is 104 Å². The van der Waals surface area contributed by atoms with Crippen molar-refractivity contribution in [2.45, 2.75) is 115 Å². The maximum Gasteiger partial charge on any atom is 0.289 e. The van der Waals surface area contributed by atoms with Crippen molar-refractivity contribution < 1.29 is 43.0 Å². The minimum Gasteiger partial charge on any atom is -0.496 e. The van der Waals surface area contributed by atoms with Gasteiger partial charge in [0, 0.05) is 50.1 Å². The number of carbonyl (C=O) groups is 5. The van der Waals surface area contributed by atoms with Crippen LogP contribution in [-0.2, 0) is 33.5 Å². The largest absolute Gasteiger partial charge is 0.496 e. The van der Waals surface area contributed by atoms with Crippen molar-refractivity contribution in [1.29, 1.82) is 0 Å². The molecule has 52 heavy (non-hydrogen) atoms. The number of Topliss-reactive ketones (excluding diaryl/α,β-unsaturated/α-hetero) is 1. The lowest BCUT2D eigenvalue weighted by Crippen LogP contribution is -2.59. The predicted octanol–water partition coefficient (Wildman–Crippen LogP) is 3.30. The van der Waals surface area contributed by atoms with E-state index in [0.29, 0.717) is 47.4 Å². The van der Waals surface area contributed by atoms with Gasteiger partial charge in [-0.2, -0.15) is 0 Å². The van der Waals surface area contributed by atoms with Gasteiger partial charge in [-0.15, -0.1) is 0 Å². The molecule has 3 N–H and O–H groups in total. The zero-order valence-electron chi connectivity index (χ0n) is 31.0. The maximum absolute atomic E-state index is 14.7. The molecule has 4 atom stereocenters. The van der Waals surface area contributed by atoms with Crippen LogP contribution in [0.3, 0.4) is 0 Å². The maximum atomic E-state index is 14.7. The van der Waals surface area contributed by atoms with E-state index in [1.807, 2.05) is 27.7 Å². The summed E-state index contributed by atoms with van der Waals surface area (Å²) < 4.78 is 16.4. The molecule has 0 aromatic heterocycles. The van der Waals surface area contributed by atoms with Crippen molar-refractivity contribution in [3.63, 3.8) is 0 Å². The quantitative estimate of drug-likeness (QED) is 0.242. The molecule has 1 aromatic rings. The molecule has 1 saturated carbocycles. The third-order valence-electron chi connectivity index (χ3n) is 10.2. The van der Waals surface area contributed by atoms with E-state index in [1.165, 1.54) is 19.1 Å². The summed E-state index contributed by atoms with van der Waals surface area (Å²) in [5.41, 5.74) is -0.777. The van der Waals surface area contributed by atoms with Crippen molar-refractivity contribution in [2.24, 2.45) is 16.5 Å². The lowest BCUT2D eigenvalue weighted by Gasteiger charge is -2.36. The van der Waals surface area contributed by atoms with Gasteiger partial charge in [-0.05, 0) is 49.5 Å². The molecule has 5 rings (SSSR count). The highest BCUT2D eigenvalue weighted by Crippen LogP contribution is 2.42. The Morgan fingerprint density at radius 1 is 1.04 bits per heavy atom. The normalized spacial score (nSPS) is 22.9. The molecule has 2 saturated heterocycles. The minimum absolute atomic E-state index is 0.0267. The SMILES string of the molecule is CCC[C@H](NC(=O)[C@@H]1C[C@]2(CC(c3cc(Cl)c(OC)cc3OC)=NO2)CN1C(=O)[C@@H](NC(=O)CC1CCOCC1)C(C)(C)C)C(=O)C(=O)NC1CC1. The van der Waals surface area contributed by atoms with Gasteiger partial charge in [0.15, 0.2) is 5.60 Å². The molecule has 0 radical (unpaired) electrons. The standard InChI is InChI=1S/C37H52ClN5O9/c1-7-8-25(31(45)34(47)39-22-9-10-22)40-33(46)27-19-37(18-26(42-52-37)23-16-24(38)29(50-6)17-28(23)49-5)20-43(27)35(48)32(36(2,3)4)41-30(44)15-21-11-13-51-14-12-21/h16-17,21-22,25,27,32H,7-15,18-20H2,1-6H3,(H,39,47)(H,40,46)(H,41,44)/t25-,27-,32+,37+/m0/s1. The lowest BCUT2D eigenvalue weighted by atomic mass is 9.85. The second-order valence-corrected chi connectivity index (χ2v) is 15.9. The first-order chi connectivity index (χ1) is 24.7. The van der Waals surface area contributed by atoms with Crippen LogP contribution in [0.4, 0.5) is 0 Å². The summed E-state index contributed by atoms with van der Waals surface area (Å²) >= 11 is 6.47. The molecule has 15 heteroatoms. The highest BCUT2D eigenvalue weighted by molar-refractivity contribution is 6.38. The van der Waals surface area contributed by atoms with Gasteiger partial charge in [0.1, 0.15) is 23.6 Å². The molecule has 0 bridgehead atoms. The summed E-state index contributed by atoms with van der Waals surface area (Å²) in [6, 6.07) is 0.127. The predicted molar refractivity (Wildman–Crippen MR) is 192 cm³/mol. The molecule has 286 valence electrons. The van der Waals surface area contributed by atoms with Gasteiger partial charge >= 0.3 is 0 Å². The van der Waals surface area contributed by atoms with Gasteiger partial charge in [-0.25, -0.2) is 0 Å². The molecule has 0 unspecified atom stereocenters. The van der Waals surface area contributed by atoms with Crippen molar-refractivity contribution >= 4 is 46.7 Å². The average Bonchev–Trinajstić information content (AvgIpc) is 3.71. The fourth-order valence-corrected chi connectivity index (χ4v) is 7.32. The van der Waals surface area contributed by atoms with Crippen LogP contribution in [0.15, 0.2) is 17.3 Å². The van der Waals surface area contributed by atoms with Gasteiger partial charge in [-0.3, -0.25) is 24.0 Å². The Morgan fingerprint density at radius 2 is 1.73 bits per heavy atom. The number of nitrogens with zero attached hydrogens (tertiary/aromatic N) is 2. The number of benzene rings is 1. The molecule has 14 nitrogen and oxygen atoms in total. The number of carbonyl (C=O) groups excluding carboxylic acids is 5. The van der Waals surface area contributed by atoms with Crippen LogP contribution in [0.2, 0.25) is 5.02 Å². The molecular weight excluding hydrogens is 694 g/mol. The zero-order valence-corrected chi connectivity index (χ0v) is 31.7. The van der Waals surface area contributed by atoms with E-state index in [9.17, 15) is 24.0 Å². The van der Waals surface area contributed by atoms with E-state index in [4.69, 9.17) is 30.6 Å². The number of likely N-dealkylation sites (tertiary alicyclic amines) is 1. The Morgan fingerprint density at radius 3 is 2.35 bits per heavy atom. The molecule has 1 aliphatic carbocycles. The molecule has 3 fully saturated rings. The third kappa shape index (κ3) is 9.17. The fourth-order valence-electron chi connectivity index (χ4n) is 7.07. The molecular formula is C37H52ClN5O9. The number of hydrogen-bond acceptors (Lipinski definition) is 10. The summed E-state index contributed by atoms with van der Waals surface area (Å²) in [6.07, 6.45) is 4.42. The van der Waals surface area contributed by atoms with Gasteiger partial charge < -0.3 is 39.9 Å². The third-order valence-corrected chi connectivity index (χ3v) is 10.5. The van der Waals surface area contributed by atoms with E-state index in [1.54, 1.807) is 12.1 Å². The van der Waals surface area contributed by atoms with Crippen LogP contribution >= 0.6 is 11.6 Å². The molecule has 1 aromatic carbocycles. The summed E-state index contributed by atoms with van der Waals surface area (Å²) in [4.78, 5) is 75.8. The van der Waals surface area contributed by atoms with Gasteiger partial charge in [0.25, 0.3) is 5.91 Å². The summed E-state index contributed by atoms with van der Waals surface area (Å²) in [5, 5.41) is 13.2. The van der Waals surface area contributed by atoms with Gasteiger partial charge in [0.2, 0.25) is 23.5 Å². The Bertz CT molecular complexity index is 1570. The van der Waals surface area contributed by atoms with E-state index < -0.39 is 52.6 Å². The number of hydrogen-bond donors (Lipinski definition) is 3. The van der Waals surface area contributed by atoms with E-state index >= 15 is 0 Å². The van der Waals surface area contributed by atoms with Crippen molar-refractivity contribution in [3.05, 3.63) is 22.7 Å². The summed E-state index contributed by atoms with van der Waals surface area (Å²) in [7, 11) is 3.01. The number of rotatable bonds is 14. The van der Waals surface area contributed by atoms with Crippen LogP contribution in [0.1, 0.15) is 91.0 Å². The van der Waals surface area contributed by atoms with E-state index in [-0.39, 0.29) is 50.1 Å².